The lowest BCUT2D eigenvalue weighted by atomic mass is 10.2. The average molecular weight is 366 g/mol. The number of aromatic nitrogens is 5. The topological polar surface area (TPSA) is 98.2 Å². The molecule has 0 saturated heterocycles. The largest absolute Gasteiger partial charge is 0.467 e. The second-order valence-electron chi connectivity index (χ2n) is 5.33. The molecule has 4 aromatic rings. The highest BCUT2D eigenvalue weighted by atomic mass is 32.2. The molecule has 130 valence electrons. The summed E-state index contributed by atoms with van der Waals surface area (Å²) in [5, 5.41) is 16.1. The highest BCUT2D eigenvalue weighted by Crippen LogP contribution is 2.19. The lowest BCUT2D eigenvalue weighted by Crippen LogP contribution is -2.24. The van der Waals surface area contributed by atoms with Gasteiger partial charge in [0.25, 0.3) is 0 Å². The molecule has 0 aliphatic heterocycles. The van der Waals surface area contributed by atoms with Gasteiger partial charge in [0.2, 0.25) is 11.1 Å². The van der Waals surface area contributed by atoms with Crippen LogP contribution in [0, 0.1) is 0 Å². The number of pyridine rings is 1. The molecule has 4 aromatic heterocycles. The highest BCUT2D eigenvalue weighted by Gasteiger charge is 2.12. The van der Waals surface area contributed by atoms with Crippen molar-refractivity contribution in [2.24, 2.45) is 0 Å². The number of thioether (sulfide) groups is 1. The minimum atomic E-state index is -0.121. The van der Waals surface area contributed by atoms with Crippen molar-refractivity contribution in [3.05, 3.63) is 60.7 Å². The van der Waals surface area contributed by atoms with E-state index in [0.29, 0.717) is 28.8 Å². The molecule has 1 amide bonds. The molecular weight excluding hydrogens is 352 g/mol. The molecule has 1 N–H and O–H groups in total. The van der Waals surface area contributed by atoms with Crippen LogP contribution in [0.2, 0.25) is 0 Å². The van der Waals surface area contributed by atoms with Gasteiger partial charge in [0, 0.05) is 6.20 Å². The summed E-state index contributed by atoms with van der Waals surface area (Å²) in [7, 11) is 0. The van der Waals surface area contributed by atoms with E-state index in [1.807, 2.05) is 36.4 Å². The quantitative estimate of drug-likeness (QED) is 0.522. The molecule has 0 unspecified atom stereocenters. The molecular formula is C17H14N6O2S. The van der Waals surface area contributed by atoms with E-state index in [2.05, 4.69) is 25.6 Å². The molecule has 0 aliphatic carbocycles. The third-order valence-electron chi connectivity index (χ3n) is 3.53. The molecule has 0 saturated carbocycles. The van der Waals surface area contributed by atoms with Crippen LogP contribution in [0.25, 0.3) is 17.0 Å². The third kappa shape index (κ3) is 3.57. The Kier molecular flexibility index (Phi) is 4.61. The van der Waals surface area contributed by atoms with Crippen LogP contribution in [0.5, 0.6) is 0 Å². The average Bonchev–Trinajstić information content (AvgIpc) is 3.35. The van der Waals surface area contributed by atoms with Crippen LogP contribution in [-0.4, -0.2) is 36.5 Å². The summed E-state index contributed by atoms with van der Waals surface area (Å²) >= 11 is 1.27. The van der Waals surface area contributed by atoms with Crippen LogP contribution < -0.4 is 5.32 Å². The predicted octanol–water partition coefficient (Wildman–Crippen LogP) is 2.19. The van der Waals surface area contributed by atoms with Gasteiger partial charge >= 0.3 is 0 Å². The minimum absolute atomic E-state index is 0.121. The molecule has 0 fully saturated rings. The van der Waals surface area contributed by atoms with Crippen molar-refractivity contribution in [2.45, 2.75) is 11.7 Å². The van der Waals surface area contributed by atoms with Crippen LogP contribution in [0.15, 0.2) is 64.5 Å². The van der Waals surface area contributed by atoms with E-state index in [1.54, 1.807) is 23.0 Å². The fourth-order valence-electron chi connectivity index (χ4n) is 2.29. The predicted molar refractivity (Wildman–Crippen MR) is 95.3 cm³/mol. The Morgan fingerprint density at radius 1 is 1.12 bits per heavy atom. The van der Waals surface area contributed by atoms with E-state index in [1.165, 1.54) is 11.8 Å². The summed E-state index contributed by atoms with van der Waals surface area (Å²) in [5.74, 6) is 0.791. The van der Waals surface area contributed by atoms with Gasteiger partial charge in [0.05, 0.1) is 24.3 Å². The molecule has 4 heterocycles. The summed E-state index contributed by atoms with van der Waals surface area (Å²) in [5.41, 5.74) is 2.08. The fraction of sp³-hybridized carbons (Fsp3) is 0.118. The summed E-state index contributed by atoms with van der Waals surface area (Å²) in [6.45, 7) is 0.356. The maximum absolute atomic E-state index is 12.0. The van der Waals surface area contributed by atoms with E-state index in [0.717, 1.165) is 5.69 Å². The normalized spacial score (nSPS) is 10.9. The van der Waals surface area contributed by atoms with Crippen molar-refractivity contribution in [1.29, 1.82) is 0 Å². The van der Waals surface area contributed by atoms with Gasteiger partial charge in [-0.25, -0.2) is 0 Å². The first kappa shape index (κ1) is 16.3. The van der Waals surface area contributed by atoms with E-state index < -0.39 is 0 Å². The molecule has 0 spiro atoms. The van der Waals surface area contributed by atoms with E-state index >= 15 is 0 Å². The molecule has 8 nitrogen and oxygen atoms in total. The monoisotopic (exact) mass is 366 g/mol. The number of hydrogen-bond acceptors (Lipinski definition) is 7. The van der Waals surface area contributed by atoms with Crippen molar-refractivity contribution >= 4 is 23.3 Å². The van der Waals surface area contributed by atoms with Crippen molar-refractivity contribution in [3.63, 3.8) is 0 Å². The van der Waals surface area contributed by atoms with Gasteiger partial charge in [0.15, 0.2) is 5.65 Å². The molecule has 26 heavy (non-hydrogen) atoms. The van der Waals surface area contributed by atoms with Crippen molar-refractivity contribution in [1.82, 2.24) is 30.1 Å². The second kappa shape index (κ2) is 7.36. The Morgan fingerprint density at radius 2 is 2.08 bits per heavy atom. The van der Waals surface area contributed by atoms with Crippen molar-refractivity contribution in [2.75, 3.05) is 5.75 Å². The number of nitrogens with zero attached hydrogens (tertiary/aromatic N) is 5. The van der Waals surface area contributed by atoms with Crippen LogP contribution >= 0.6 is 11.8 Å². The molecule has 4 rings (SSSR count). The van der Waals surface area contributed by atoms with Gasteiger partial charge < -0.3 is 9.73 Å². The Labute approximate surface area is 152 Å². The summed E-state index contributed by atoms with van der Waals surface area (Å²) in [4.78, 5) is 16.3. The van der Waals surface area contributed by atoms with Gasteiger partial charge in [-0.3, -0.25) is 9.78 Å². The number of carbonyl (C=O) groups excluding carboxylic acids is 1. The SMILES string of the molecule is O=C(CSc1nnc2ccc(-c3ccccn3)nn12)NCc1ccco1. The lowest BCUT2D eigenvalue weighted by molar-refractivity contribution is -0.118. The molecule has 0 aromatic carbocycles. The van der Waals surface area contributed by atoms with Crippen LogP contribution in [0.3, 0.4) is 0 Å². The van der Waals surface area contributed by atoms with E-state index in [9.17, 15) is 4.79 Å². The number of amides is 1. The van der Waals surface area contributed by atoms with E-state index in [-0.39, 0.29) is 11.7 Å². The third-order valence-corrected chi connectivity index (χ3v) is 4.45. The van der Waals surface area contributed by atoms with Crippen LogP contribution in [0.4, 0.5) is 0 Å². The molecule has 9 heteroatoms. The zero-order chi connectivity index (χ0) is 17.8. The first-order valence-electron chi connectivity index (χ1n) is 7.85. The van der Waals surface area contributed by atoms with Gasteiger partial charge in [-0.1, -0.05) is 17.8 Å². The second-order valence-corrected chi connectivity index (χ2v) is 6.27. The Morgan fingerprint density at radius 3 is 2.88 bits per heavy atom. The first-order valence-corrected chi connectivity index (χ1v) is 8.84. The lowest BCUT2D eigenvalue weighted by Gasteiger charge is -2.03. The van der Waals surface area contributed by atoms with Crippen LogP contribution in [0.1, 0.15) is 5.76 Å². The fourth-order valence-corrected chi connectivity index (χ4v) is 3.01. The van der Waals surface area contributed by atoms with Gasteiger partial charge in [-0.15, -0.1) is 10.2 Å². The zero-order valence-corrected chi connectivity index (χ0v) is 14.4. The number of hydrogen-bond donors (Lipinski definition) is 1. The first-order chi connectivity index (χ1) is 12.8. The van der Waals surface area contributed by atoms with Gasteiger partial charge in [-0.2, -0.15) is 9.61 Å². The smallest absolute Gasteiger partial charge is 0.230 e. The molecule has 0 bridgehead atoms. The van der Waals surface area contributed by atoms with Gasteiger partial charge in [-0.05, 0) is 36.4 Å². The summed E-state index contributed by atoms with van der Waals surface area (Å²) in [6, 6.07) is 12.9. The Hall–Kier alpha value is -3.20. The maximum Gasteiger partial charge on any atom is 0.230 e. The Balaban J connectivity index is 1.45. The molecule has 0 radical (unpaired) electrons. The molecule has 0 atom stereocenters. The summed E-state index contributed by atoms with van der Waals surface area (Å²) in [6.07, 6.45) is 3.29. The summed E-state index contributed by atoms with van der Waals surface area (Å²) < 4.78 is 6.80. The standard InChI is InChI=1S/C17H14N6O2S/c24-16(19-10-12-4-3-9-25-12)11-26-17-21-20-15-7-6-14(22-23(15)17)13-5-1-2-8-18-13/h1-9H,10-11H2,(H,19,24). The minimum Gasteiger partial charge on any atom is -0.467 e. The van der Waals surface area contributed by atoms with Crippen molar-refractivity contribution < 1.29 is 9.21 Å². The number of fused-ring (bicyclic) bond motifs is 1. The Bertz CT molecular complexity index is 1020. The molecule has 0 aliphatic rings. The highest BCUT2D eigenvalue weighted by molar-refractivity contribution is 7.99. The number of furan rings is 1. The van der Waals surface area contributed by atoms with E-state index in [4.69, 9.17) is 4.42 Å². The van der Waals surface area contributed by atoms with Crippen molar-refractivity contribution in [3.8, 4) is 11.4 Å². The number of nitrogens with one attached hydrogen (secondary N) is 1. The number of rotatable bonds is 6. The van der Waals surface area contributed by atoms with Crippen LogP contribution in [-0.2, 0) is 11.3 Å². The zero-order valence-electron chi connectivity index (χ0n) is 13.6. The van der Waals surface area contributed by atoms with Gasteiger partial charge in [0.1, 0.15) is 11.5 Å². The number of carbonyl (C=O) groups is 1. The maximum atomic E-state index is 12.0.